The number of fused-ring (bicyclic) bond motifs is 1. The minimum absolute atomic E-state index is 0.458. The van der Waals surface area contributed by atoms with E-state index in [-0.39, 0.29) is 0 Å². The van der Waals surface area contributed by atoms with Crippen molar-refractivity contribution >= 4 is 0 Å². The highest BCUT2D eigenvalue weighted by Gasteiger charge is 2.45. The summed E-state index contributed by atoms with van der Waals surface area (Å²) in [6, 6.07) is 8.50. The second-order valence-electron chi connectivity index (χ2n) is 6.70. The van der Waals surface area contributed by atoms with Gasteiger partial charge in [-0.15, -0.1) is 0 Å². The molecule has 0 aromatic heterocycles. The van der Waals surface area contributed by atoms with E-state index in [0.717, 1.165) is 24.7 Å². The molecule has 0 amide bonds. The summed E-state index contributed by atoms with van der Waals surface area (Å²) in [6.07, 6.45) is 5.68. The maximum Gasteiger partial charge on any atom is 0.0930 e. The van der Waals surface area contributed by atoms with Gasteiger partial charge in [0.1, 0.15) is 0 Å². The van der Waals surface area contributed by atoms with Crippen molar-refractivity contribution in [1.29, 1.82) is 0 Å². The van der Waals surface area contributed by atoms with E-state index in [2.05, 4.69) is 38.1 Å². The molecule has 0 heterocycles. The summed E-state index contributed by atoms with van der Waals surface area (Å²) in [5.41, 5.74) is 2.04. The molecule has 3 atom stereocenters. The summed E-state index contributed by atoms with van der Waals surface area (Å²) in [7, 11) is 0. The smallest absolute Gasteiger partial charge is 0.0930 e. The Hall–Kier alpha value is -0.820. The third-order valence-electron chi connectivity index (χ3n) is 5.11. The van der Waals surface area contributed by atoms with Crippen LogP contribution in [0.15, 0.2) is 24.3 Å². The number of benzene rings is 1. The third-order valence-corrected chi connectivity index (χ3v) is 5.11. The Morgan fingerprint density at radius 3 is 2.44 bits per heavy atom. The molecule has 0 aliphatic heterocycles. The van der Waals surface area contributed by atoms with Crippen LogP contribution in [0.25, 0.3) is 0 Å². The standard InChI is InChI=1S/C17H24O/c1-12-9-13(2)11-15(10-12)17(18)8-7-14-5-3-4-6-16(14)17/h3-6,12-13,15,18H,7-11H2,1-2H3. The SMILES string of the molecule is CC1CC(C)CC(C2(O)CCc3ccccc32)C1. The zero-order chi connectivity index (χ0) is 12.8. The van der Waals surface area contributed by atoms with Gasteiger partial charge in [0.15, 0.2) is 0 Å². The molecule has 1 aromatic rings. The van der Waals surface area contributed by atoms with Gasteiger partial charge in [0, 0.05) is 0 Å². The Morgan fingerprint density at radius 1 is 1.06 bits per heavy atom. The Morgan fingerprint density at radius 2 is 1.72 bits per heavy atom. The Kier molecular flexibility index (Phi) is 2.97. The van der Waals surface area contributed by atoms with Crippen LogP contribution in [0.2, 0.25) is 0 Å². The normalized spacial score (nSPS) is 39.6. The van der Waals surface area contributed by atoms with Gasteiger partial charge in [0.25, 0.3) is 0 Å². The summed E-state index contributed by atoms with van der Waals surface area (Å²) in [5, 5.41) is 11.2. The highest BCUT2D eigenvalue weighted by Crippen LogP contribution is 2.49. The van der Waals surface area contributed by atoms with Crippen molar-refractivity contribution < 1.29 is 5.11 Å². The molecule has 2 aliphatic rings. The predicted octanol–water partition coefficient (Wildman–Crippen LogP) is 3.89. The average molecular weight is 244 g/mol. The predicted molar refractivity (Wildman–Crippen MR) is 74.3 cm³/mol. The molecule has 0 radical (unpaired) electrons. The van der Waals surface area contributed by atoms with Gasteiger partial charge >= 0.3 is 0 Å². The first-order chi connectivity index (χ1) is 8.59. The molecule has 1 fully saturated rings. The summed E-state index contributed by atoms with van der Waals surface area (Å²) in [4.78, 5) is 0. The van der Waals surface area contributed by atoms with Crippen LogP contribution in [0.4, 0.5) is 0 Å². The fourth-order valence-corrected chi connectivity index (χ4v) is 4.38. The number of hydrogen-bond acceptors (Lipinski definition) is 1. The van der Waals surface area contributed by atoms with E-state index in [4.69, 9.17) is 0 Å². The largest absolute Gasteiger partial charge is 0.385 e. The first kappa shape index (κ1) is 12.2. The van der Waals surface area contributed by atoms with Crippen LogP contribution >= 0.6 is 0 Å². The molecule has 0 bridgehead atoms. The number of aryl methyl sites for hydroxylation is 1. The van der Waals surface area contributed by atoms with Crippen LogP contribution in [0.3, 0.4) is 0 Å². The lowest BCUT2D eigenvalue weighted by Crippen LogP contribution is -2.37. The molecule has 3 unspecified atom stereocenters. The second-order valence-corrected chi connectivity index (χ2v) is 6.70. The van der Waals surface area contributed by atoms with E-state index in [0.29, 0.717) is 5.92 Å². The van der Waals surface area contributed by atoms with Gasteiger partial charge in [-0.1, -0.05) is 38.1 Å². The van der Waals surface area contributed by atoms with Crippen molar-refractivity contribution in [2.24, 2.45) is 17.8 Å². The number of hydrogen-bond donors (Lipinski definition) is 1. The monoisotopic (exact) mass is 244 g/mol. The van der Waals surface area contributed by atoms with Crippen LogP contribution < -0.4 is 0 Å². The molecule has 1 nitrogen and oxygen atoms in total. The maximum absolute atomic E-state index is 11.2. The lowest BCUT2D eigenvalue weighted by Gasteiger charge is -2.41. The van der Waals surface area contributed by atoms with E-state index in [1.54, 1.807) is 0 Å². The van der Waals surface area contributed by atoms with Crippen LogP contribution in [0, 0.1) is 17.8 Å². The van der Waals surface area contributed by atoms with Gasteiger partial charge in [-0.2, -0.15) is 0 Å². The van der Waals surface area contributed by atoms with E-state index in [9.17, 15) is 5.11 Å². The minimum Gasteiger partial charge on any atom is -0.385 e. The van der Waals surface area contributed by atoms with Crippen molar-refractivity contribution in [2.75, 3.05) is 0 Å². The Balaban J connectivity index is 1.92. The molecule has 1 N–H and O–H groups in total. The highest BCUT2D eigenvalue weighted by molar-refractivity contribution is 5.37. The topological polar surface area (TPSA) is 20.2 Å². The Labute approximate surface area is 110 Å². The fourth-order valence-electron chi connectivity index (χ4n) is 4.38. The quantitative estimate of drug-likeness (QED) is 0.794. The summed E-state index contributed by atoms with van der Waals surface area (Å²) < 4.78 is 0. The average Bonchev–Trinajstić information content (AvgIpc) is 2.68. The van der Waals surface area contributed by atoms with Crippen LogP contribution in [0.1, 0.15) is 50.7 Å². The zero-order valence-electron chi connectivity index (χ0n) is 11.5. The molecule has 98 valence electrons. The van der Waals surface area contributed by atoms with Crippen molar-refractivity contribution in [3.05, 3.63) is 35.4 Å². The van der Waals surface area contributed by atoms with Crippen molar-refractivity contribution in [3.8, 4) is 0 Å². The molecule has 1 heteroatoms. The molecule has 1 aromatic carbocycles. The molecule has 0 spiro atoms. The van der Waals surface area contributed by atoms with Crippen LogP contribution in [-0.2, 0) is 12.0 Å². The highest BCUT2D eigenvalue weighted by atomic mass is 16.3. The van der Waals surface area contributed by atoms with Crippen molar-refractivity contribution in [3.63, 3.8) is 0 Å². The zero-order valence-corrected chi connectivity index (χ0v) is 11.5. The van der Waals surface area contributed by atoms with Crippen molar-refractivity contribution in [1.82, 2.24) is 0 Å². The van der Waals surface area contributed by atoms with Gasteiger partial charge in [0.2, 0.25) is 0 Å². The maximum atomic E-state index is 11.2. The van der Waals surface area contributed by atoms with E-state index in [1.165, 1.54) is 30.4 Å². The van der Waals surface area contributed by atoms with E-state index >= 15 is 0 Å². The number of aliphatic hydroxyl groups is 1. The molecular formula is C17H24O. The second kappa shape index (κ2) is 4.38. The van der Waals surface area contributed by atoms with Gasteiger partial charge in [0.05, 0.1) is 5.60 Å². The van der Waals surface area contributed by atoms with E-state index < -0.39 is 5.60 Å². The lowest BCUT2D eigenvalue weighted by molar-refractivity contribution is -0.0526. The molecule has 0 saturated heterocycles. The van der Waals surface area contributed by atoms with Gasteiger partial charge < -0.3 is 5.11 Å². The fraction of sp³-hybridized carbons (Fsp3) is 0.647. The van der Waals surface area contributed by atoms with Crippen molar-refractivity contribution in [2.45, 2.75) is 51.6 Å². The molecule has 3 rings (SSSR count). The first-order valence-corrected chi connectivity index (χ1v) is 7.40. The van der Waals surface area contributed by atoms with Gasteiger partial charge in [-0.05, 0) is 61.0 Å². The number of rotatable bonds is 1. The van der Waals surface area contributed by atoms with E-state index in [1.807, 2.05) is 0 Å². The minimum atomic E-state index is -0.542. The first-order valence-electron chi connectivity index (χ1n) is 7.40. The lowest BCUT2D eigenvalue weighted by atomic mass is 9.68. The summed E-state index contributed by atoms with van der Waals surface area (Å²) in [6.45, 7) is 4.68. The third kappa shape index (κ3) is 1.89. The molecular weight excluding hydrogens is 220 g/mol. The molecule has 1 saturated carbocycles. The summed E-state index contributed by atoms with van der Waals surface area (Å²) >= 11 is 0. The van der Waals surface area contributed by atoms with Crippen LogP contribution in [0.5, 0.6) is 0 Å². The Bertz CT molecular complexity index is 429. The molecule has 2 aliphatic carbocycles. The van der Waals surface area contributed by atoms with Gasteiger partial charge in [-0.3, -0.25) is 0 Å². The summed E-state index contributed by atoms with van der Waals surface area (Å²) in [5.74, 6) is 1.98. The van der Waals surface area contributed by atoms with Gasteiger partial charge in [-0.25, -0.2) is 0 Å². The molecule has 18 heavy (non-hydrogen) atoms. The van der Waals surface area contributed by atoms with Crippen LogP contribution in [-0.4, -0.2) is 5.11 Å².